The van der Waals surface area contributed by atoms with Crippen molar-refractivity contribution in [2.45, 2.75) is 48.0 Å². The van der Waals surface area contributed by atoms with E-state index >= 15 is 0 Å². The van der Waals surface area contributed by atoms with Crippen molar-refractivity contribution in [2.75, 3.05) is 106 Å². The molecule has 0 rings (SSSR count). The molecule has 270 valence electrons. The van der Waals surface area contributed by atoms with Crippen LogP contribution in [0, 0.1) is 0 Å². The molecule has 0 bridgehead atoms. The summed E-state index contributed by atoms with van der Waals surface area (Å²) in [6, 6.07) is 0. The molecule has 0 N–H and O–H groups in total. The molecule has 0 aliphatic heterocycles. The molecule has 16 nitrogen and oxygen atoms in total. The van der Waals surface area contributed by atoms with E-state index < -0.39 is 0 Å². The third kappa shape index (κ3) is 69.3. The van der Waals surface area contributed by atoms with Gasteiger partial charge < -0.3 is 57.0 Å². The Kier molecular flexibility index (Phi) is 72.9. The molecule has 0 spiro atoms. The maximum absolute atomic E-state index is 9.93. The van der Waals surface area contributed by atoms with Crippen LogP contribution in [0.2, 0.25) is 0 Å². The van der Waals surface area contributed by atoms with E-state index in [9.17, 15) is 28.8 Å². The third-order valence-electron chi connectivity index (χ3n) is 3.99. The molecular weight excluding hydrogens is 604 g/mol. The van der Waals surface area contributed by atoms with E-state index in [1.165, 1.54) is 0 Å². The summed E-state index contributed by atoms with van der Waals surface area (Å²) in [5, 5.41) is 0. The number of hydrogen-bond donors (Lipinski definition) is 0. The predicted molar refractivity (Wildman–Crippen MR) is 164 cm³/mol. The molecule has 0 aliphatic rings. The molecule has 0 heterocycles. The number of rotatable bonds is 33. The first-order chi connectivity index (χ1) is 20.7. The first kappa shape index (κ1) is 54.5. The molecule has 16 heteroatoms. The molecule has 0 atom stereocenters. The van der Waals surface area contributed by atoms with Crippen LogP contribution in [0.5, 0.6) is 0 Å². The number of hydrogen-bond acceptors (Lipinski definition) is 16. The molecule has 0 aromatic carbocycles. The molecule has 45 heavy (non-hydrogen) atoms. The van der Waals surface area contributed by atoms with Gasteiger partial charge in [0.25, 0.3) is 25.9 Å². The van der Waals surface area contributed by atoms with Crippen molar-refractivity contribution in [1.29, 1.82) is 0 Å². The van der Waals surface area contributed by atoms with Crippen LogP contribution in [0.25, 0.3) is 0 Å². The van der Waals surface area contributed by atoms with E-state index in [0.29, 0.717) is 118 Å². The number of carbonyl (C=O) groups excluding carboxylic acids is 6. The van der Waals surface area contributed by atoms with Crippen molar-refractivity contribution >= 4 is 38.5 Å². The van der Waals surface area contributed by atoms with Gasteiger partial charge in [0.1, 0.15) is 39.0 Å². The minimum Gasteiger partial charge on any atom is -0.465 e. The molecule has 0 amide bonds. The van der Waals surface area contributed by atoms with Crippen molar-refractivity contribution in [3.63, 3.8) is 0 Å². The number of unbranched alkanes of at least 4 members (excludes halogenated alkanes) is 2. The minimum absolute atomic E-state index is 0. The predicted octanol–water partition coefficient (Wildman–Crippen LogP) is 1.62. The lowest BCUT2D eigenvalue weighted by atomic mass is 10.3. The number of carbonyl (C=O) groups is 6. The van der Waals surface area contributed by atoms with Gasteiger partial charge in [-0.05, 0) is 12.8 Å². The van der Waals surface area contributed by atoms with Gasteiger partial charge in [-0.2, -0.15) is 0 Å². The van der Waals surface area contributed by atoms with E-state index in [4.69, 9.17) is 28.4 Å². The zero-order valence-electron chi connectivity index (χ0n) is 24.1. The van der Waals surface area contributed by atoms with Gasteiger partial charge in [-0.1, -0.05) is 22.3 Å². The lowest BCUT2D eigenvalue weighted by Gasteiger charge is -2.04. The van der Waals surface area contributed by atoms with Crippen LogP contribution >= 0.6 is 0 Å². The van der Waals surface area contributed by atoms with E-state index in [2.05, 4.69) is 18.9 Å². The lowest BCUT2D eigenvalue weighted by Crippen LogP contribution is -2.11. The summed E-state index contributed by atoms with van der Waals surface area (Å²) in [6.45, 7) is 7.90. The lowest BCUT2D eigenvalue weighted by molar-refractivity contribution is -0.131. The van der Waals surface area contributed by atoms with Crippen LogP contribution in [0.4, 0.5) is 0 Å². The highest BCUT2D eigenvalue weighted by Crippen LogP contribution is 1.89. The molecule has 0 radical (unpaired) electrons. The summed E-state index contributed by atoms with van der Waals surface area (Å²) in [5.41, 5.74) is 0. The Morgan fingerprint density at radius 2 is 0.489 bits per heavy atom. The highest BCUT2D eigenvalue weighted by molar-refractivity contribution is 5.49. The Hall–Kier alpha value is -3.02. The second kappa shape index (κ2) is 60.2. The van der Waals surface area contributed by atoms with Gasteiger partial charge in [0.05, 0.1) is 66.1 Å². The Morgan fingerprint density at radius 1 is 0.289 bits per heavy atom. The maximum Gasteiger partial charge on any atom is 0.293 e. The fraction of sp³-hybridized carbons (Fsp3) is 0.793. The Balaban J connectivity index is -0.000000123. The molecule has 0 unspecified atom stereocenters. The fourth-order valence-corrected chi connectivity index (χ4v) is 2.12. The molecular formula is C29H58O16. The third-order valence-corrected chi connectivity index (χ3v) is 3.99. The Bertz CT molecular complexity index is 442. The van der Waals surface area contributed by atoms with Crippen LogP contribution in [0.15, 0.2) is 0 Å². The van der Waals surface area contributed by atoms with Gasteiger partial charge in [-0.25, -0.2) is 0 Å². The van der Waals surface area contributed by atoms with Crippen molar-refractivity contribution in [3.05, 3.63) is 0 Å². The SMILES string of the molecule is C.C.C.O=CCCCOCCOCCCC=O.O=COCCOCCOCCOC=O.O=COCCOCCOCCOC=O. The first-order valence-corrected chi connectivity index (χ1v) is 13.3. The molecule has 0 aliphatic carbocycles. The van der Waals surface area contributed by atoms with E-state index in [1.807, 2.05) is 0 Å². The Morgan fingerprint density at radius 3 is 0.689 bits per heavy atom. The van der Waals surface area contributed by atoms with Crippen molar-refractivity contribution in [2.24, 2.45) is 0 Å². The molecule has 0 aromatic heterocycles. The highest BCUT2D eigenvalue weighted by Gasteiger charge is 1.92. The quantitative estimate of drug-likeness (QED) is 0.0558. The molecule has 0 saturated carbocycles. The summed E-state index contributed by atoms with van der Waals surface area (Å²) in [7, 11) is 0. The monoisotopic (exact) mass is 662 g/mol. The van der Waals surface area contributed by atoms with Crippen molar-refractivity contribution in [1.82, 2.24) is 0 Å². The van der Waals surface area contributed by atoms with Gasteiger partial charge in [-0.3, -0.25) is 19.2 Å². The van der Waals surface area contributed by atoms with Crippen LogP contribution in [-0.4, -0.2) is 144 Å². The van der Waals surface area contributed by atoms with Gasteiger partial charge in [0.2, 0.25) is 0 Å². The van der Waals surface area contributed by atoms with Gasteiger partial charge in [0.15, 0.2) is 0 Å². The van der Waals surface area contributed by atoms with Gasteiger partial charge in [-0.15, -0.1) is 0 Å². The smallest absolute Gasteiger partial charge is 0.293 e. The number of ether oxygens (including phenoxy) is 10. The van der Waals surface area contributed by atoms with Crippen molar-refractivity contribution < 1.29 is 76.1 Å². The summed E-state index contributed by atoms with van der Waals surface area (Å²) in [5.74, 6) is 0. The normalized spacial score (nSPS) is 8.98. The van der Waals surface area contributed by atoms with Crippen LogP contribution in [0.3, 0.4) is 0 Å². The second-order valence-electron chi connectivity index (χ2n) is 7.16. The minimum atomic E-state index is 0. The van der Waals surface area contributed by atoms with Gasteiger partial charge in [0, 0.05) is 26.1 Å². The summed E-state index contributed by atoms with van der Waals surface area (Å²) in [6.07, 6.45) is 4.43. The largest absolute Gasteiger partial charge is 0.465 e. The fourth-order valence-electron chi connectivity index (χ4n) is 2.12. The second-order valence-corrected chi connectivity index (χ2v) is 7.16. The van der Waals surface area contributed by atoms with Gasteiger partial charge >= 0.3 is 0 Å². The summed E-state index contributed by atoms with van der Waals surface area (Å²) < 4.78 is 48.0. The zero-order chi connectivity index (χ0) is 31.5. The van der Waals surface area contributed by atoms with E-state index in [1.54, 1.807) is 0 Å². The molecule has 0 aromatic rings. The van der Waals surface area contributed by atoms with Crippen LogP contribution < -0.4 is 0 Å². The summed E-state index contributed by atoms with van der Waals surface area (Å²) >= 11 is 0. The zero-order valence-corrected chi connectivity index (χ0v) is 24.1. The standard InChI is InChI=1S/C10H18O4.2C8H14O6.3CH4/c11-5-1-3-7-13-9-10-14-8-4-2-6-12;2*9-7-13-5-3-11-1-2-12-4-6-14-8-10;;;/h5-6H,1-4,7-10H2;2*7-8H,1-6H2;3*1H4. The highest BCUT2D eigenvalue weighted by atomic mass is 16.6. The van der Waals surface area contributed by atoms with E-state index in [0.717, 1.165) is 25.4 Å². The van der Waals surface area contributed by atoms with E-state index in [-0.39, 0.29) is 48.7 Å². The first-order valence-electron chi connectivity index (χ1n) is 13.3. The summed E-state index contributed by atoms with van der Waals surface area (Å²) in [4.78, 5) is 58.6. The average Bonchev–Trinajstić information content (AvgIpc) is 3.01. The average molecular weight is 663 g/mol. The van der Waals surface area contributed by atoms with Crippen LogP contribution in [0.1, 0.15) is 48.0 Å². The molecule has 0 saturated heterocycles. The topological polar surface area (TPSA) is 195 Å². The van der Waals surface area contributed by atoms with Crippen molar-refractivity contribution in [3.8, 4) is 0 Å². The number of aldehydes is 2. The molecule has 0 fully saturated rings. The van der Waals surface area contributed by atoms with Crippen LogP contribution in [-0.2, 0) is 76.1 Å². The maximum atomic E-state index is 9.93. The Labute approximate surface area is 268 Å².